The van der Waals surface area contributed by atoms with Crippen LogP contribution in [0.4, 0.5) is 5.69 Å². The van der Waals surface area contributed by atoms with Gasteiger partial charge in [0, 0.05) is 5.69 Å². The number of carbonyl (C=O) groups excluding carboxylic acids is 1. The van der Waals surface area contributed by atoms with Crippen LogP contribution in [0.25, 0.3) is 11.1 Å². The summed E-state index contributed by atoms with van der Waals surface area (Å²) >= 11 is 0. The molecule has 0 spiro atoms. The minimum absolute atomic E-state index is 0.205. The summed E-state index contributed by atoms with van der Waals surface area (Å²) in [5, 5.41) is 0. The van der Waals surface area contributed by atoms with Crippen LogP contribution in [0.1, 0.15) is 5.56 Å². The third-order valence-electron chi connectivity index (χ3n) is 3.46. The molecule has 0 bridgehead atoms. The number of anilines is 1. The van der Waals surface area contributed by atoms with Crippen LogP contribution in [-0.2, 0) is 26.0 Å². The Morgan fingerprint density at radius 2 is 1.83 bits per heavy atom. The Balaban J connectivity index is 2.18. The average Bonchev–Trinajstić information content (AvgIpc) is 2.53. The molecular formula is C17H20N2O4S. The average molecular weight is 348 g/mol. The maximum absolute atomic E-state index is 11.8. The van der Waals surface area contributed by atoms with E-state index in [9.17, 15) is 13.2 Å². The van der Waals surface area contributed by atoms with Crippen molar-refractivity contribution in [3.63, 3.8) is 0 Å². The zero-order chi connectivity index (χ0) is 17.7. The fraction of sp³-hybridized carbons (Fsp3) is 0.235. The molecule has 0 aliphatic heterocycles. The van der Waals surface area contributed by atoms with Crippen molar-refractivity contribution in [2.45, 2.75) is 12.5 Å². The van der Waals surface area contributed by atoms with Crippen LogP contribution in [0.3, 0.4) is 0 Å². The van der Waals surface area contributed by atoms with Gasteiger partial charge in [0.25, 0.3) is 0 Å². The van der Waals surface area contributed by atoms with Gasteiger partial charge in [-0.3, -0.25) is 4.79 Å². The number of methoxy groups -OCH3 is 1. The first kappa shape index (κ1) is 18.0. The van der Waals surface area contributed by atoms with Crippen LogP contribution in [0.2, 0.25) is 0 Å². The summed E-state index contributed by atoms with van der Waals surface area (Å²) in [5.74, 6) is -0.625. The van der Waals surface area contributed by atoms with Crippen molar-refractivity contribution in [1.82, 2.24) is 4.72 Å². The van der Waals surface area contributed by atoms with Crippen molar-refractivity contribution in [1.29, 1.82) is 0 Å². The molecular weight excluding hydrogens is 328 g/mol. The van der Waals surface area contributed by atoms with E-state index < -0.39 is 22.0 Å². The largest absolute Gasteiger partial charge is 0.468 e. The van der Waals surface area contributed by atoms with Crippen LogP contribution in [0.15, 0.2) is 48.5 Å². The topological polar surface area (TPSA) is 98.5 Å². The molecule has 0 amide bonds. The van der Waals surface area contributed by atoms with E-state index in [2.05, 4.69) is 9.46 Å². The highest BCUT2D eigenvalue weighted by Crippen LogP contribution is 2.22. The summed E-state index contributed by atoms with van der Waals surface area (Å²) in [4.78, 5) is 11.8. The summed E-state index contributed by atoms with van der Waals surface area (Å²) in [6, 6.07) is 14.1. The summed E-state index contributed by atoms with van der Waals surface area (Å²) in [7, 11) is -2.29. The molecule has 0 aliphatic carbocycles. The first-order chi connectivity index (χ1) is 11.3. The molecule has 7 heteroatoms. The first-order valence-corrected chi connectivity index (χ1v) is 9.17. The highest BCUT2D eigenvalue weighted by atomic mass is 32.2. The molecule has 0 aliphatic rings. The summed E-state index contributed by atoms with van der Waals surface area (Å²) in [6.45, 7) is 0. The Labute approximate surface area is 141 Å². The monoisotopic (exact) mass is 348 g/mol. The second-order valence-corrected chi connectivity index (χ2v) is 7.27. The lowest BCUT2D eigenvalue weighted by Gasteiger charge is -2.15. The molecule has 2 rings (SSSR count). The molecule has 0 radical (unpaired) electrons. The normalized spacial score (nSPS) is 12.6. The third kappa shape index (κ3) is 5.07. The van der Waals surface area contributed by atoms with E-state index in [0.29, 0.717) is 5.69 Å². The molecule has 0 aromatic heterocycles. The van der Waals surface area contributed by atoms with E-state index in [-0.39, 0.29) is 6.42 Å². The zero-order valence-corrected chi connectivity index (χ0v) is 14.3. The predicted molar refractivity (Wildman–Crippen MR) is 93.8 cm³/mol. The lowest BCUT2D eigenvalue weighted by molar-refractivity contribution is -0.142. The van der Waals surface area contributed by atoms with Crippen LogP contribution in [-0.4, -0.2) is 33.8 Å². The van der Waals surface area contributed by atoms with E-state index in [1.165, 1.54) is 7.11 Å². The molecule has 24 heavy (non-hydrogen) atoms. The second kappa shape index (κ2) is 7.46. The highest BCUT2D eigenvalue weighted by molar-refractivity contribution is 7.88. The smallest absolute Gasteiger partial charge is 0.324 e. The van der Waals surface area contributed by atoms with Crippen LogP contribution in [0.5, 0.6) is 0 Å². The van der Waals surface area contributed by atoms with Gasteiger partial charge in [-0.2, -0.15) is 0 Å². The molecule has 128 valence electrons. The Morgan fingerprint density at radius 3 is 2.38 bits per heavy atom. The molecule has 0 unspecified atom stereocenters. The lowest BCUT2D eigenvalue weighted by atomic mass is 10.0. The number of nitrogen functional groups attached to an aromatic ring is 1. The number of sulfonamides is 1. The Bertz CT molecular complexity index is 817. The van der Waals surface area contributed by atoms with E-state index in [0.717, 1.165) is 22.9 Å². The van der Waals surface area contributed by atoms with E-state index in [4.69, 9.17) is 5.73 Å². The predicted octanol–water partition coefficient (Wildman–Crippen LogP) is 1.57. The van der Waals surface area contributed by atoms with Gasteiger partial charge >= 0.3 is 5.97 Å². The second-order valence-electron chi connectivity index (χ2n) is 5.49. The summed E-state index contributed by atoms with van der Waals surface area (Å²) in [5.41, 5.74) is 9.25. The number of benzene rings is 2. The molecule has 2 aromatic rings. The Hall–Kier alpha value is -2.38. The molecule has 3 N–H and O–H groups in total. The first-order valence-electron chi connectivity index (χ1n) is 7.28. The van der Waals surface area contributed by atoms with Gasteiger partial charge < -0.3 is 10.5 Å². The summed E-state index contributed by atoms with van der Waals surface area (Å²) < 4.78 is 29.7. The molecule has 1 atom stereocenters. The van der Waals surface area contributed by atoms with Gasteiger partial charge in [0.1, 0.15) is 6.04 Å². The number of carbonyl (C=O) groups is 1. The van der Waals surface area contributed by atoms with Crippen LogP contribution < -0.4 is 10.5 Å². The lowest BCUT2D eigenvalue weighted by Crippen LogP contribution is -2.42. The SMILES string of the molecule is COC(=O)[C@H](Cc1ccc(-c2cccc(N)c2)cc1)NS(C)(=O)=O. The maximum Gasteiger partial charge on any atom is 0.324 e. The fourth-order valence-corrected chi connectivity index (χ4v) is 3.06. The molecule has 2 aromatic carbocycles. The van der Waals surface area contributed by atoms with E-state index >= 15 is 0 Å². The van der Waals surface area contributed by atoms with Crippen molar-refractivity contribution < 1.29 is 17.9 Å². The van der Waals surface area contributed by atoms with Crippen molar-refractivity contribution >= 4 is 21.7 Å². The molecule has 0 fully saturated rings. The van der Waals surface area contributed by atoms with Crippen molar-refractivity contribution in [3.8, 4) is 11.1 Å². The van der Waals surface area contributed by atoms with Gasteiger partial charge in [-0.1, -0.05) is 36.4 Å². The standard InChI is InChI=1S/C17H20N2O4S/c1-23-17(20)16(19-24(2,21)22)10-12-6-8-13(9-7-12)14-4-3-5-15(18)11-14/h3-9,11,16,19H,10,18H2,1-2H3/t16-/m0/s1. The molecule has 0 saturated heterocycles. The number of nitrogens with two attached hydrogens (primary N) is 1. The minimum atomic E-state index is -3.52. The van der Waals surface area contributed by atoms with Gasteiger partial charge in [-0.25, -0.2) is 13.1 Å². The van der Waals surface area contributed by atoms with Gasteiger partial charge in [0.05, 0.1) is 13.4 Å². The summed E-state index contributed by atoms with van der Waals surface area (Å²) in [6.07, 6.45) is 1.21. The molecule has 0 heterocycles. The minimum Gasteiger partial charge on any atom is -0.468 e. The fourth-order valence-electron chi connectivity index (χ4n) is 2.36. The molecule has 6 nitrogen and oxygen atoms in total. The van der Waals surface area contributed by atoms with Gasteiger partial charge in [0.2, 0.25) is 10.0 Å². The van der Waals surface area contributed by atoms with Crippen molar-refractivity contribution in [2.24, 2.45) is 0 Å². The number of hydrogen-bond donors (Lipinski definition) is 2. The van der Waals surface area contributed by atoms with Crippen LogP contribution >= 0.6 is 0 Å². The molecule has 0 saturated carbocycles. The quantitative estimate of drug-likeness (QED) is 0.610. The van der Waals surface area contributed by atoms with E-state index in [1.807, 2.05) is 48.5 Å². The van der Waals surface area contributed by atoms with Crippen molar-refractivity contribution in [2.75, 3.05) is 19.1 Å². The van der Waals surface area contributed by atoms with Gasteiger partial charge in [-0.05, 0) is 35.2 Å². The zero-order valence-electron chi connectivity index (χ0n) is 13.5. The van der Waals surface area contributed by atoms with Gasteiger partial charge in [-0.15, -0.1) is 0 Å². The van der Waals surface area contributed by atoms with Crippen molar-refractivity contribution in [3.05, 3.63) is 54.1 Å². The van der Waals surface area contributed by atoms with Crippen LogP contribution in [0, 0.1) is 0 Å². The van der Waals surface area contributed by atoms with E-state index in [1.54, 1.807) is 0 Å². The number of hydrogen-bond acceptors (Lipinski definition) is 5. The number of ether oxygens (including phenoxy) is 1. The number of nitrogens with one attached hydrogen (secondary N) is 1. The third-order valence-corrected chi connectivity index (χ3v) is 4.17. The maximum atomic E-state index is 11.8. The number of rotatable bonds is 6. The Kier molecular flexibility index (Phi) is 5.58. The highest BCUT2D eigenvalue weighted by Gasteiger charge is 2.23. The Morgan fingerprint density at radius 1 is 1.17 bits per heavy atom. The van der Waals surface area contributed by atoms with Gasteiger partial charge in [0.15, 0.2) is 0 Å². The number of esters is 1.